The van der Waals surface area contributed by atoms with Crippen molar-refractivity contribution in [3.05, 3.63) is 62.9 Å². The highest BCUT2D eigenvalue weighted by molar-refractivity contribution is 7.13. The van der Waals surface area contributed by atoms with Gasteiger partial charge in [0, 0.05) is 15.8 Å². The molecule has 1 unspecified atom stereocenters. The summed E-state index contributed by atoms with van der Waals surface area (Å²) in [5, 5.41) is 10.6. The summed E-state index contributed by atoms with van der Waals surface area (Å²) in [7, 11) is 0. The molecule has 1 amide bonds. The van der Waals surface area contributed by atoms with Gasteiger partial charge in [-0.05, 0) is 36.8 Å². The van der Waals surface area contributed by atoms with E-state index >= 15 is 0 Å². The quantitative estimate of drug-likeness (QED) is 0.499. The minimum Gasteiger partial charge on any atom is -0.478 e. The normalized spacial score (nSPS) is 13.5. The van der Waals surface area contributed by atoms with Gasteiger partial charge < -0.3 is 10.4 Å². The molecule has 0 aliphatic carbocycles. The largest absolute Gasteiger partial charge is 0.478 e. The Bertz CT molecular complexity index is 946. The maximum atomic E-state index is 13.3. The first kappa shape index (κ1) is 22.5. The molecule has 1 aromatic carbocycles. The van der Waals surface area contributed by atoms with Crippen molar-refractivity contribution < 1.29 is 41.0 Å². The number of carbonyl (C=O) groups is 2. The highest BCUT2D eigenvalue weighted by atomic mass is 32.1. The third-order valence-electron chi connectivity index (χ3n) is 3.73. The minimum atomic E-state index is -5.04. The molecule has 11 heteroatoms. The second-order valence-corrected chi connectivity index (χ2v) is 7.15. The molecule has 0 radical (unpaired) electrons. The van der Waals surface area contributed by atoms with Crippen LogP contribution in [-0.2, 0) is 11.0 Å². The average molecular weight is 437 g/mol. The standard InChI is InChI=1S/C18H13F6NO3S/c1-9-13(16(27)28)8-12(29-9)5-6-14(26)25-15(18(22,23)24)10-3-2-4-11(7-10)17(19,20)21/h2-8,15H,1H3,(H,25,26)(H,27,28). The zero-order chi connectivity index (χ0) is 22.0. The van der Waals surface area contributed by atoms with Crippen LogP contribution in [0.4, 0.5) is 26.3 Å². The number of halogens is 6. The van der Waals surface area contributed by atoms with E-state index in [4.69, 9.17) is 5.11 Å². The number of nitrogens with one attached hydrogen (secondary N) is 1. The van der Waals surface area contributed by atoms with Crippen LogP contribution in [0.2, 0.25) is 0 Å². The average Bonchev–Trinajstić information content (AvgIpc) is 2.97. The molecule has 2 aromatic rings. The molecule has 0 fully saturated rings. The Hall–Kier alpha value is -2.82. The molecule has 2 N–H and O–H groups in total. The molecule has 0 aliphatic heterocycles. The molecule has 156 valence electrons. The van der Waals surface area contributed by atoms with Crippen molar-refractivity contribution in [1.82, 2.24) is 5.32 Å². The topological polar surface area (TPSA) is 66.4 Å². The van der Waals surface area contributed by atoms with Crippen LogP contribution in [0.3, 0.4) is 0 Å². The third-order valence-corrected chi connectivity index (χ3v) is 4.74. The van der Waals surface area contributed by atoms with Gasteiger partial charge in [0.05, 0.1) is 11.1 Å². The number of thiophene rings is 1. The summed E-state index contributed by atoms with van der Waals surface area (Å²) in [6.07, 6.45) is -8.00. The maximum Gasteiger partial charge on any atom is 0.416 e. The summed E-state index contributed by atoms with van der Waals surface area (Å²) in [5.74, 6) is -2.39. The van der Waals surface area contributed by atoms with Crippen LogP contribution >= 0.6 is 11.3 Å². The molecule has 0 bridgehead atoms. The number of hydrogen-bond acceptors (Lipinski definition) is 3. The fourth-order valence-corrected chi connectivity index (χ4v) is 3.32. The van der Waals surface area contributed by atoms with E-state index < -0.39 is 41.4 Å². The van der Waals surface area contributed by atoms with Gasteiger partial charge in [-0.1, -0.05) is 12.1 Å². The Morgan fingerprint density at radius 2 is 1.79 bits per heavy atom. The fraction of sp³-hybridized carbons (Fsp3) is 0.222. The zero-order valence-corrected chi connectivity index (χ0v) is 15.4. The van der Waals surface area contributed by atoms with Crippen molar-refractivity contribution in [1.29, 1.82) is 0 Å². The summed E-state index contributed by atoms with van der Waals surface area (Å²) < 4.78 is 78.3. The number of hydrogen-bond donors (Lipinski definition) is 2. The molecular weight excluding hydrogens is 424 g/mol. The molecule has 29 heavy (non-hydrogen) atoms. The number of carboxylic acids is 1. The smallest absolute Gasteiger partial charge is 0.416 e. The fourth-order valence-electron chi connectivity index (χ4n) is 2.40. The van der Waals surface area contributed by atoms with E-state index in [9.17, 15) is 35.9 Å². The highest BCUT2D eigenvalue weighted by Gasteiger charge is 2.42. The van der Waals surface area contributed by atoms with Crippen molar-refractivity contribution in [3.8, 4) is 0 Å². The monoisotopic (exact) mass is 437 g/mol. The Balaban J connectivity index is 2.24. The summed E-state index contributed by atoms with van der Waals surface area (Å²) >= 11 is 1.02. The van der Waals surface area contributed by atoms with Crippen molar-refractivity contribution in [2.45, 2.75) is 25.3 Å². The van der Waals surface area contributed by atoms with Crippen LogP contribution < -0.4 is 5.32 Å². The lowest BCUT2D eigenvalue weighted by Crippen LogP contribution is -2.37. The van der Waals surface area contributed by atoms with Gasteiger partial charge in [0.1, 0.15) is 0 Å². The van der Waals surface area contributed by atoms with Gasteiger partial charge in [0.15, 0.2) is 6.04 Å². The van der Waals surface area contributed by atoms with E-state index in [-0.39, 0.29) is 5.56 Å². The summed E-state index contributed by atoms with van der Waals surface area (Å²) in [4.78, 5) is 23.7. The van der Waals surface area contributed by atoms with Crippen LogP contribution in [0.5, 0.6) is 0 Å². The van der Waals surface area contributed by atoms with Gasteiger partial charge in [-0.2, -0.15) is 26.3 Å². The van der Waals surface area contributed by atoms with E-state index in [1.54, 1.807) is 5.32 Å². The van der Waals surface area contributed by atoms with Gasteiger partial charge in [-0.15, -0.1) is 11.3 Å². The number of aryl methyl sites for hydroxylation is 1. The molecule has 0 saturated heterocycles. The lowest BCUT2D eigenvalue weighted by Gasteiger charge is -2.22. The maximum absolute atomic E-state index is 13.3. The molecular formula is C18H13F6NO3S. The Labute approximate surface area is 164 Å². The summed E-state index contributed by atoms with van der Waals surface area (Å²) in [6, 6.07) is 1.20. The van der Waals surface area contributed by atoms with Gasteiger partial charge >= 0.3 is 18.3 Å². The van der Waals surface area contributed by atoms with Crippen LogP contribution in [0.1, 0.15) is 37.3 Å². The zero-order valence-electron chi connectivity index (χ0n) is 14.6. The lowest BCUT2D eigenvalue weighted by molar-refractivity contribution is -0.162. The van der Waals surface area contributed by atoms with E-state index in [2.05, 4.69) is 0 Å². The van der Waals surface area contributed by atoms with Crippen molar-refractivity contribution >= 4 is 29.3 Å². The second-order valence-electron chi connectivity index (χ2n) is 5.86. The Morgan fingerprint density at radius 1 is 1.14 bits per heavy atom. The summed E-state index contributed by atoms with van der Waals surface area (Å²) in [5.41, 5.74) is -2.05. The van der Waals surface area contributed by atoms with Gasteiger partial charge in [-0.3, -0.25) is 4.79 Å². The summed E-state index contributed by atoms with van der Waals surface area (Å²) in [6.45, 7) is 1.53. The number of carboxylic acid groups (broad SMARTS) is 1. The van der Waals surface area contributed by atoms with Crippen molar-refractivity contribution in [3.63, 3.8) is 0 Å². The molecule has 1 heterocycles. The van der Waals surface area contributed by atoms with E-state index in [0.717, 1.165) is 35.6 Å². The second kappa shape index (κ2) is 8.27. The number of aromatic carboxylic acids is 1. The van der Waals surface area contributed by atoms with Crippen LogP contribution in [0.25, 0.3) is 6.08 Å². The van der Waals surface area contributed by atoms with E-state index in [0.29, 0.717) is 21.9 Å². The van der Waals surface area contributed by atoms with Crippen molar-refractivity contribution in [2.75, 3.05) is 0 Å². The minimum absolute atomic E-state index is 0.00723. The third kappa shape index (κ3) is 5.83. The Morgan fingerprint density at radius 3 is 2.31 bits per heavy atom. The first-order chi connectivity index (χ1) is 13.3. The molecule has 0 spiro atoms. The van der Waals surface area contributed by atoms with Crippen LogP contribution in [-0.4, -0.2) is 23.2 Å². The predicted octanol–water partition coefficient (Wildman–Crippen LogP) is 5.21. The van der Waals surface area contributed by atoms with Gasteiger partial charge in [0.25, 0.3) is 0 Å². The Kier molecular flexibility index (Phi) is 6.41. The van der Waals surface area contributed by atoms with E-state index in [1.165, 1.54) is 13.0 Å². The van der Waals surface area contributed by atoms with Gasteiger partial charge in [-0.25, -0.2) is 4.79 Å². The van der Waals surface area contributed by atoms with Crippen molar-refractivity contribution in [2.24, 2.45) is 0 Å². The highest BCUT2D eigenvalue weighted by Crippen LogP contribution is 2.36. The van der Waals surface area contributed by atoms with Gasteiger partial charge in [0.2, 0.25) is 5.91 Å². The number of rotatable bonds is 5. The van der Waals surface area contributed by atoms with Crippen LogP contribution in [0.15, 0.2) is 36.4 Å². The molecule has 2 rings (SSSR count). The molecule has 1 atom stereocenters. The first-order valence-corrected chi connectivity index (χ1v) is 8.67. The number of carbonyl (C=O) groups excluding carboxylic acids is 1. The first-order valence-electron chi connectivity index (χ1n) is 7.85. The number of benzene rings is 1. The van der Waals surface area contributed by atoms with Crippen LogP contribution in [0, 0.1) is 6.92 Å². The predicted molar refractivity (Wildman–Crippen MR) is 93.4 cm³/mol. The number of alkyl halides is 6. The SMILES string of the molecule is Cc1sc(C=CC(=O)NC(c2cccc(C(F)(F)F)c2)C(F)(F)F)cc1C(=O)O. The number of amides is 1. The van der Waals surface area contributed by atoms with E-state index in [1.807, 2.05) is 0 Å². The molecule has 0 saturated carbocycles. The molecule has 4 nitrogen and oxygen atoms in total. The lowest BCUT2D eigenvalue weighted by atomic mass is 10.0. The molecule has 0 aliphatic rings. The molecule has 1 aromatic heterocycles.